The van der Waals surface area contributed by atoms with Crippen LogP contribution in [0.5, 0.6) is 0 Å². The number of H-pyrrole nitrogens is 1. The van der Waals surface area contributed by atoms with Crippen LogP contribution in [0.3, 0.4) is 0 Å². The number of hydrogen-bond donors (Lipinski definition) is 2. The lowest BCUT2D eigenvalue weighted by Crippen LogP contribution is -2.44. The number of rotatable bonds is 4. The van der Waals surface area contributed by atoms with Gasteiger partial charge in [0.15, 0.2) is 0 Å². The molecule has 0 aliphatic carbocycles. The van der Waals surface area contributed by atoms with E-state index >= 15 is 0 Å². The van der Waals surface area contributed by atoms with Crippen molar-refractivity contribution in [2.24, 2.45) is 0 Å². The van der Waals surface area contributed by atoms with Crippen LogP contribution in [0.4, 0.5) is 0 Å². The fraction of sp³-hybridized carbons (Fsp3) is 0.375. The molecule has 0 radical (unpaired) electrons. The van der Waals surface area contributed by atoms with Crippen molar-refractivity contribution in [1.29, 1.82) is 0 Å². The van der Waals surface area contributed by atoms with E-state index in [1.165, 1.54) is 0 Å². The summed E-state index contributed by atoms with van der Waals surface area (Å²) >= 11 is 11.7. The maximum Gasteiger partial charge on any atom is 0.268 e. The van der Waals surface area contributed by atoms with Gasteiger partial charge < -0.3 is 10.3 Å². The lowest BCUT2D eigenvalue weighted by Gasteiger charge is -2.32. The number of carbonyl (C=O) groups excluding carboxylic acids is 1. The maximum absolute atomic E-state index is 12.2. The van der Waals surface area contributed by atoms with Crippen LogP contribution in [0.1, 0.15) is 29.0 Å². The van der Waals surface area contributed by atoms with Crippen molar-refractivity contribution in [3.8, 4) is 0 Å². The normalized spacial score (nSPS) is 16.4. The number of aromatic nitrogens is 2. The highest BCUT2D eigenvalue weighted by Gasteiger charge is 2.22. The Morgan fingerprint density at radius 1 is 1.35 bits per heavy atom. The standard InChI is InChI=1S/C16H18Cl2N4O/c17-13-9-14(21-15(13)18)16(23)20-11-4-7-22(8-5-11)10-12-3-1-2-6-19-12/h1-3,6,9,11,21H,4-5,7-8,10H2,(H,20,23). The molecule has 1 saturated heterocycles. The molecule has 1 amide bonds. The molecule has 0 saturated carbocycles. The van der Waals surface area contributed by atoms with E-state index in [1.807, 2.05) is 24.4 Å². The summed E-state index contributed by atoms with van der Waals surface area (Å²) < 4.78 is 0. The van der Waals surface area contributed by atoms with Gasteiger partial charge in [0.05, 0.1) is 10.7 Å². The van der Waals surface area contributed by atoms with Gasteiger partial charge in [0.1, 0.15) is 10.8 Å². The molecule has 7 heteroatoms. The Bertz CT molecular complexity index is 646. The number of hydrogen-bond acceptors (Lipinski definition) is 3. The van der Waals surface area contributed by atoms with E-state index in [0.717, 1.165) is 38.2 Å². The number of piperidine rings is 1. The molecule has 0 atom stereocenters. The van der Waals surface area contributed by atoms with Crippen LogP contribution in [0, 0.1) is 0 Å². The second-order valence-corrected chi connectivity index (χ2v) is 6.48. The Kier molecular flexibility index (Phi) is 5.20. The SMILES string of the molecule is O=C(NC1CCN(Cc2ccccn2)CC1)c1cc(Cl)c(Cl)[nH]1. The molecule has 23 heavy (non-hydrogen) atoms. The van der Waals surface area contributed by atoms with Gasteiger partial charge in [0.2, 0.25) is 0 Å². The van der Waals surface area contributed by atoms with Gasteiger partial charge in [-0.2, -0.15) is 0 Å². The van der Waals surface area contributed by atoms with Gasteiger partial charge in [0, 0.05) is 31.9 Å². The van der Waals surface area contributed by atoms with Crippen molar-refractivity contribution >= 4 is 29.1 Å². The molecule has 2 N–H and O–H groups in total. The van der Waals surface area contributed by atoms with Crippen LogP contribution in [0.2, 0.25) is 10.2 Å². The number of amides is 1. The minimum atomic E-state index is -0.165. The second kappa shape index (κ2) is 7.34. The average Bonchev–Trinajstić information content (AvgIpc) is 2.90. The van der Waals surface area contributed by atoms with Crippen molar-refractivity contribution in [1.82, 2.24) is 20.2 Å². The van der Waals surface area contributed by atoms with E-state index < -0.39 is 0 Å². The molecule has 3 rings (SSSR count). The summed E-state index contributed by atoms with van der Waals surface area (Å²) in [5, 5.41) is 3.69. The number of halogens is 2. The predicted octanol–water partition coefficient (Wildman–Crippen LogP) is 3.11. The van der Waals surface area contributed by atoms with Crippen molar-refractivity contribution in [3.05, 3.63) is 52.0 Å². The van der Waals surface area contributed by atoms with E-state index in [4.69, 9.17) is 23.2 Å². The quantitative estimate of drug-likeness (QED) is 0.888. The lowest BCUT2D eigenvalue weighted by atomic mass is 10.0. The third-order valence-electron chi connectivity index (χ3n) is 4.00. The zero-order valence-electron chi connectivity index (χ0n) is 12.6. The average molecular weight is 353 g/mol. The smallest absolute Gasteiger partial charge is 0.268 e. The molecular weight excluding hydrogens is 335 g/mol. The van der Waals surface area contributed by atoms with Crippen molar-refractivity contribution in [3.63, 3.8) is 0 Å². The minimum Gasteiger partial charge on any atom is -0.348 e. The number of likely N-dealkylation sites (tertiary alicyclic amines) is 1. The van der Waals surface area contributed by atoms with Crippen LogP contribution in [0.15, 0.2) is 30.5 Å². The first-order valence-electron chi connectivity index (χ1n) is 7.59. The fourth-order valence-electron chi connectivity index (χ4n) is 2.75. The van der Waals surface area contributed by atoms with Gasteiger partial charge in [-0.3, -0.25) is 14.7 Å². The van der Waals surface area contributed by atoms with Crippen LogP contribution >= 0.6 is 23.2 Å². The van der Waals surface area contributed by atoms with Gasteiger partial charge in [-0.1, -0.05) is 29.3 Å². The molecule has 5 nitrogen and oxygen atoms in total. The van der Waals surface area contributed by atoms with Crippen molar-refractivity contribution < 1.29 is 4.79 Å². The predicted molar refractivity (Wildman–Crippen MR) is 90.8 cm³/mol. The summed E-state index contributed by atoms with van der Waals surface area (Å²) in [6.07, 6.45) is 3.65. The summed E-state index contributed by atoms with van der Waals surface area (Å²) in [7, 11) is 0. The van der Waals surface area contributed by atoms with Gasteiger partial charge in [-0.05, 0) is 31.0 Å². The maximum atomic E-state index is 12.2. The molecule has 0 bridgehead atoms. The van der Waals surface area contributed by atoms with E-state index in [1.54, 1.807) is 6.07 Å². The van der Waals surface area contributed by atoms with E-state index in [-0.39, 0.29) is 11.9 Å². The first kappa shape index (κ1) is 16.3. The van der Waals surface area contributed by atoms with Gasteiger partial charge in [-0.15, -0.1) is 0 Å². The van der Waals surface area contributed by atoms with Gasteiger partial charge in [0.25, 0.3) is 5.91 Å². The van der Waals surface area contributed by atoms with Crippen LogP contribution in [-0.4, -0.2) is 39.9 Å². The monoisotopic (exact) mass is 352 g/mol. The first-order chi connectivity index (χ1) is 11.1. The summed E-state index contributed by atoms with van der Waals surface area (Å²) in [6, 6.07) is 7.68. The second-order valence-electron chi connectivity index (χ2n) is 5.69. The zero-order chi connectivity index (χ0) is 16.2. The molecule has 0 unspecified atom stereocenters. The molecule has 1 fully saturated rings. The van der Waals surface area contributed by atoms with E-state index in [2.05, 4.69) is 20.2 Å². The number of pyridine rings is 1. The Hall–Kier alpha value is -1.56. The molecule has 122 valence electrons. The van der Waals surface area contributed by atoms with Crippen LogP contribution in [-0.2, 0) is 6.54 Å². The van der Waals surface area contributed by atoms with E-state index in [0.29, 0.717) is 15.9 Å². The van der Waals surface area contributed by atoms with Gasteiger partial charge >= 0.3 is 0 Å². The Morgan fingerprint density at radius 3 is 2.74 bits per heavy atom. The molecular formula is C16H18Cl2N4O. The zero-order valence-corrected chi connectivity index (χ0v) is 14.1. The molecule has 1 aliphatic rings. The van der Waals surface area contributed by atoms with Gasteiger partial charge in [-0.25, -0.2) is 0 Å². The summed E-state index contributed by atoms with van der Waals surface area (Å²) in [5.41, 5.74) is 1.47. The Morgan fingerprint density at radius 2 is 2.13 bits per heavy atom. The molecule has 1 aliphatic heterocycles. The number of carbonyl (C=O) groups is 1. The molecule has 3 heterocycles. The number of aromatic amines is 1. The van der Waals surface area contributed by atoms with Crippen molar-refractivity contribution in [2.75, 3.05) is 13.1 Å². The van der Waals surface area contributed by atoms with Crippen LogP contribution in [0.25, 0.3) is 0 Å². The highest BCUT2D eigenvalue weighted by Crippen LogP contribution is 2.22. The summed E-state index contributed by atoms with van der Waals surface area (Å²) in [5.74, 6) is -0.165. The molecule has 2 aromatic heterocycles. The molecule has 0 spiro atoms. The Balaban J connectivity index is 1.48. The minimum absolute atomic E-state index is 0.165. The first-order valence-corrected chi connectivity index (χ1v) is 8.34. The summed E-state index contributed by atoms with van der Waals surface area (Å²) in [6.45, 7) is 2.73. The number of nitrogens with one attached hydrogen (secondary N) is 2. The molecule has 0 aromatic carbocycles. The topological polar surface area (TPSA) is 61.0 Å². The summed E-state index contributed by atoms with van der Waals surface area (Å²) in [4.78, 5) is 21.7. The van der Waals surface area contributed by atoms with E-state index in [9.17, 15) is 4.79 Å². The van der Waals surface area contributed by atoms with Crippen LogP contribution < -0.4 is 5.32 Å². The van der Waals surface area contributed by atoms with Crippen molar-refractivity contribution in [2.45, 2.75) is 25.4 Å². The largest absolute Gasteiger partial charge is 0.348 e. The highest BCUT2D eigenvalue weighted by molar-refractivity contribution is 6.41. The Labute approximate surface area is 145 Å². The molecule has 2 aromatic rings. The number of nitrogens with zero attached hydrogens (tertiary/aromatic N) is 2. The fourth-order valence-corrected chi connectivity index (χ4v) is 3.06. The third kappa shape index (κ3) is 4.25. The third-order valence-corrected chi connectivity index (χ3v) is 4.70. The lowest BCUT2D eigenvalue weighted by molar-refractivity contribution is 0.0904. The highest BCUT2D eigenvalue weighted by atomic mass is 35.5.